The summed E-state index contributed by atoms with van der Waals surface area (Å²) in [5.41, 5.74) is 0. The Balaban J connectivity index is 1.82. The molecule has 3 atom stereocenters. The fourth-order valence-corrected chi connectivity index (χ4v) is 2.90. The van der Waals surface area contributed by atoms with Crippen molar-refractivity contribution in [1.82, 2.24) is 10.2 Å². The van der Waals surface area contributed by atoms with Crippen LogP contribution in [0.1, 0.15) is 39.0 Å². The number of piperidine rings is 1. The van der Waals surface area contributed by atoms with Crippen molar-refractivity contribution in [1.29, 1.82) is 0 Å². The normalized spacial score (nSPS) is 28.8. The van der Waals surface area contributed by atoms with E-state index in [1.165, 1.54) is 0 Å². The number of carbonyl (C=O) groups excluding carboxylic acids is 1. The quantitative estimate of drug-likeness (QED) is 0.822. The summed E-state index contributed by atoms with van der Waals surface area (Å²) < 4.78 is 5.66. The molecule has 0 bridgehead atoms. The van der Waals surface area contributed by atoms with Crippen LogP contribution >= 0.6 is 0 Å². The smallest absolute Gasteiger partial charge is 0.317 e. The minimum atomic E-state index is -0.814. The maximum atomic E-state index is 12.2. The van der Waals surface area contributed by atoms with Crippen LogP contribution in [0.2, 0.25) is 0 Å². The third kappa shape index (κ3) is 3.85. The summed E-state index contributed by atoms with van der Waals surface area (Å²) in [7, 11) is 0. The molecule has 2 heterocycles. The molecule has 2 fully saturated rings. The molecule has 0 aromatic rings. The molecule has 20 heavy (non-hydrogen) atoms. The van der Waals surface area contributed by atoms with Crippen molar-refractivity contribution in [2.45, 2.75) is 51.2 Å². The fourth-order valence-electron chi connectivity index (χ4n) is 2.90. The standard InChI is InChI=1S/C14H24N2O4/c1-10(12-6-2-3-8-20-12)15-14(19)16-7-4-5-11(9-16)13(17)18/h10-12H,2-9H2,1H3,(H,15,19)(H,17,18). The van der Waals surface area contributed by atoms with Crippen LogP contribution in [0, 0.1) is 5.92 Å². The zero-order chi connectivity index (χ0) is 14.5. The van der Waals surface area contributed by atoms with Gasteiger partial charge in [-0.15, -0.1) is 0 Å². The molecule has 6 heteroatoms. The van der Waals surface area contributed by atoms with Gasteiger partial charge in [0.05, 0.1) is 18.1 Å². The predicted molar refractivity (Wildman–Crippen MR) is 73.5 cm³/mol. The number of likely N-dealkylation sites (tertiary alicyclic amines) is 1. The van der Waals surface area contributed by atoms with Crippen LogP contribution in [0.5, 0.6) is 0 Å². The lowest BCUT2D eigenvalue weighted by Gasteiger charge is -2.34. The Morgan fingerprint density at radius 2 is 2.10 bits per heavy atom. The van der Waals surface area contributed by atoms with Gasteiger partial charge in [0, 0.05) is 19.7 Å². The van der Waals surface area contributed by atoms with E-state index < -0.39 is 11.9 Å². The molecular weight excluding hydrogens is 260 g/mol. The van der Waals surface area contributed by atoms with Crippen molar-refractivity contribution in [3.63, 3.8) is 0 Å². The SMILES string of the molecule is CC(NC(=O)N1CCCC(C(=O)O)C1)C1CCCCO1. The summed E-state index contributed by atoms with van der Waals surface area (Å²) in [5, 5.41) is 12.0. The van der Waals surface area contributed by atoms with Crippen molar-refractivity contribution in [2.24, 2.45) is 5.92 Å². The number of rotatable bonds is 3. The molecule has 2 saturated heterocycles. The summed E-state index contributed by atoms with van der Waals surface area (Å²) in [6.07, 6.45) is 4.67. The number of carboxylic acids is 1. The first-order valence-electron chi connectivity index (χ1n) is 7.48. The highest BCUT2D eigenvalue weighted by molar-refractivity contribution is 5.76. The molecule has 2 amide bonds. The first kappa shape index (κ1) is 15.1. The number of carbonyl (C=O) groups is 2. The molecule has 3 unspecified atom stereocenters. The average Bonchev–Trinajstić information content (AvgIpc) is 2.48. The topological polar surface area (TPSA) is 78.9 Å². The second kappa shape index (κ2) is 6.92. The van der Waals surface area contributed by atoms with Crippen molar-refractivity contribution in [2.75, 3.05) is 19.7 Å². The Hall–Kier alpha value is -1.30. The van der Waals surface area contributed by atoms with Gasteiger partial charge in [0.1, 0.15) is 0 Å². The van der Waals surface area contributed by atoms with Crippen LogP contribution in [0.3, 0.4) is 0 Å². The third-order valence-electron chi connectivity index (χ3n) is 4.18. The highest BCUT2D eigenvalue weighted by Gasteiger charge is 2.30. The second-order valence-electron chi connectivity index (χ2n) is 5.77. The average molecular weight is 284 g/mol. The molecule has 2 aliphatic rings. The molecule has 0 aliphatic carbocycles. The number of nitrogens with zero attached hydrogens (tertiary/aromatic N) is 1. The number of hydrogen-bond donors (Lipinski definition) is 2. The molecule has 0 saturated carbocycles. The molecule has 2 N–H and O–H groups in total. The van der Waals surface area contributed by atoms with Gasteiger partial charge in [0.2, 0.25) is 0 Å². The van der Waals surface area contributed by atoms with E-state index >= 15 is 0 Å². The lowest BCUT2D eigenvalue weighted by atomic mass is 9.98. The van der Waals surface area contributed by atoms with Crippen molar-refractivity contribution in [3.05, 3.63) is 0 Å². The van der Waals surface area contributed by atoms with Gasteiger partial charge in [-0.3, -0.25) is 4.79 Å². The maximum absolute atomic E-state index is 12.2. The van der Waals surface area contributed by atoms with E-state index in [1.807, 2.05) is 6.92 Å². The minimum Gasteiger partial charge on any atom is -0.481 e. The number of aliphatic carboxylic acids is 1. The molecule has 2 rings (SSSR count). The van der Waals surface area contributed by atoms with E-state index in [-0.39, 0.29) is 18.2 Å². The summed E-state index contributed by atoms with van der Waals surface area (Å²) in [5.74, 6) is -1.25. The summed E-state index contributed by atoms with van der Waals surface area (Å²) in [6.45, 7) is 3.65. The Labute approximate surface area is 119 Å². The lowest BCUT2D eigenvalue weighted by Crippen LogP contribution is -2.52. The lowest BCUT2D eigenvalue weighted by molar-refractivity contribution is -0.143. The number of ether oxygens (including phenoxy) is 1. The van der Waals surface area contributed by atoms with Crippen LogP contribution < -0.4 is 5.32 Å². The highest BCUT2D eigenvalue weighted by atomic mass is 16.5. The molecular formula is C14H24N2O4. The van der Waals surface area contributed by atoms with E-state index in [9.17, 15) is 9.59 Å². The molecule has 2 aliphatic heterocycles. The monoisotopic (exact) mass is 284 g/mol. The molecule has 6 nitrogen and oxygen atoms in total. The zero-order valence-electron chi connectivity index (χ0n) is 12.0. The van der Waals surface area contributed by atoms with Gasteiger partial charge in [0.25, 0.3) is 0 Å². The van der Waals surface area contributed by atoms with Crippen LogP contribution in [0.15, 0.2) is 0 Å². The van der Waals surface area contributed by atoms with Gasteiger partial charge in [0.15, 0.2) is 0 Å². The first-order chi connectivity index (χ1) is 9.58. The number of hydrogen-bond acceptors (Lipinski definition) is 3. The molecule has 114 valence electrons. The van der Waals surface area contributed by atoms with Gasteiger partial charge in [-0.2, -0.15) is 0 Å². The van der Waals surface area contributed by atoms with E-state index in [1.54, 1.807) is 4.90 Å². The predicted octanol–water partition coefficient (Wildman–Crippen LogP) is 1.45. The minimum absolute atomic E-state index is 0.0343. The number of nitrogens with one attached hydrogen (secondary N) is 1. The van der Waals surface area contributed by atoms with Gasteiger partial charge in [-0.05, 0) is 39.0 Å². The van der Waals surface area contributed by atoms with Gasteiger partial charge < -0.3 is 20.1 Å². The molecule has 0 aromatic heterocycles. The van der Waals surface area contributed by atoms with Gasteiger partial charge in [-0.1, -0.05) is 0 Å². The number of carboxylic acid groups (broad SMARTS) is 1. The van der Waals surface area contributed by atoms with E-state index in [2.05, 4.69) is 5.32 Å². The Morgan fingerprint density at radius 1 is 1.30 bits per heavy atom. The van der Waals surface area contributed by atoms with Crippen molar-refractivity contribution < 1.29 is 19.4 Å². The number of amides is 2. The fraction of sp³-hybridized carbons (Fsp3) is 0.857. The van der Waals surface area contributed by atoms with Gasteiger partial charge >= 0.3 is 12.0 Å². The summed E-state index contributed by atoms with van der Waals surface area (Å²) >= 11 is 0. The van der Waals surface area contributed by atoms with Gasteiger partial charge in [-0.25, -0.2) is 4.79 Å². The Kier molecular flexibility index (Phi) is 5.23. The highest BCUT2D eigenvalue weighted by Crippen LogP contribution is 2.18. The van der Waals surface area contributed by atoms with E-state index in [0.717, 1.165) is 32.3 Å². The maximum Gasteiger partial charge on any atom is 0.317 e. The van der Waals surface area contributed by atoms with Crippen molar-refractivity contribution in [3.8, 4) is 0 Å². The summed E-state index contributed by atoms with van der Waals surface area (Å²) in [6, 6.07) is -0.203. The second-order valence-corrected chi connectivity index (χ2v) is 5.77. The zero-order valence-corrected chi connectivity index (χ0v) is 12.0. The third-order valence-corrected chi connectivity index (χ3v) is 4.18. The number of urea groups is 1. The largest absolute Gasteiger partial charge is 0.481 e. The van der Waals surface area contributed by atoms with E-state index in [4.69, 9.17) is 9.84 Å². The van der Waals surface area contributed by atoms with E-state index in [0.29, 0.717) is 19.5 Å². The van der Waals surface area contributed by atoms with Crippen molar-refractivity contribution >= 4 is 12.0 Å². The van der Waals surface area contributed by atoms with Crippen LogP contribution in [0.25, 0.3) is 0 Å². The summed E-state index contributed by atoms with van der Waals surface area (Å²) in [4.78, 5) is 24.8. The molecule has 0 radical (unpaired) electrons. The van der Waals surface area contributed by atoms with Crippen LogP contribution in [-0.4, -0.2) is 53.8 Å². The molecule has 0 spiro atoms. The van der Waals surface area contributed by atoms with Crippen LogP contribution in [0.4, 0.5) is 4.79 Å². The Morgan fingerprint density at radius 3 is 2.75 bits per heavy atom. The molecule has 0 aromatic carbocycles. The Bertz CT molecular complexity index is 355. The first-order valence-corrected chi connectivity index (χ1v) is 7.48. The van der Waals surface area contributed by atoms with Crippen LogP contribution in [-0.2, 0) is 9.53 Å².